The van der Waals surface area contributed by atoms with Crippen LogP contribution in [0.3, 0.4) is 0 Å². The SMILES string of the molecule is CN(CC(=O)Nc1ccc(Cl)c(Cl)c1)C(=O)c1ccc(S(=O)(=O)NCc2ccco2)cc1. The second-order valence-electron chi connectivity index (χ2n) is 6.77. The molecule has 3 aromatic rings. The summed E-state index contributed by atoms with van der Waals surface area (Å²) in [4.78, 5) is 26.1. The van der Waals surface area contributed by atoms with Crippen molar-refractivity contribution in [3.63, 3.8) is 0 Å². The summed E-state index contributed by atoms with van der Waals surface area (Å²) in [6, 6.07) is 13.4. The second-order valence-corrected chi connectivity index (χ2v) is 9.35. The molecule has 168 valence electrons. The number of nitrogens with zero attached hydrogens (tertiary/aromatic N) is 1. The molecular weight excluding hydrogens is 477 g/mol. The minimum atomic E-state index is -3.78. The molecule has 1 heterocycles. The highest BCUT2D eigenvalue weighted by Crippen LogP contribution is 2.25. The van der Waals surface area contributed by atoms with Crippen LogP contribution in [-0.4, -0.2) is 38.7 Å². The van der Waals surface area contributed by atoms with Crippen molar-refractivity contribution in [1.29, 1.82) is 0 Å². The van der Waals surface area contributed by atoms with Crippen LogP contribution in [0.1, 0.15) is 16.1 Å². The first-order chi connectivity index (χ1) is 15.2. The lowest BCUT2D eigenvalue weighted by molar-refractivity contribution is -0.116. The zero-order valence-corrected chi connectivity index (χ0v) is 19.2. The summed E-state index contributed by atoms with van der Waals surface area (Å²) < 4.78 is 32.3. The largest absolute Gasteiger partial charge is 0.468 e. The molecule has 0 bridgehead atoms. The first kappa shape index (κ1) is 23.8. The standard InChI is InChI=1S/C21H19Cl2N3O5S/c1-26(13-20(27)25-15-6-9-18(22)19(23)11-15)21(28)14-4-7-17(8-5-14)32(29,30)24-12-16-3-2-10-31-16/h2-11,24H,12-13H2,1H3,(H,25,27). The van der Waals surface area contributed by atoms with Gasteiger partial charge in [0, 0.05) is 18.3 Å². The van der Waals surface area contributed by atoms with E-state index in [2.05, 4.69) is 10.0 Å². The van der Waals surface area contributed by atoms with Gasteiger partial charge in [0.1, 0.15) is 5.76 Å². The molecule has 0 atom stereocenters. The van der Waals surface area contributed by atoms with Gasteiger partial charge in [0.2, 0.25) is 15.9 Å². The van der Waals surface area contributed by atoms with Crippen molar-refractivity contribution in [2.45, 2.75) is 11.4 Å². The third-order valence-electron chi connectivity index (χ3n) is 4.36. The molecule has 0 saturated carbocycles. The van der Waals surface area contributed by atoms with E-state index >= 15 is 0 Å². The van der Waals surface area contributed by atoms with Crippen LogP contribution >= 0.6 is 23.2 Å². The Hall–Kier alpha value is -2.85. The first-order valence-electron chi connectivity index (χ1n) is 9.28. The number of hydrogen-bond donors (Lipinski definition) is 2. The summed E-state index contributed by atoms with van der Waals surface area (Å²) in [5, 5.41) is 3.28. The molecule has 0 spiro atoms. The molecule has 2 aromatic carbocycles. The number of amides is 2. The van der Waals surface area contributed by atoms with Gasteiger partial charge in [0.05, 0.1) is 34.3 Å². The Balaban J connectivity index is 1.59. The van der Waals surface area contributed by atoms with Crippen molar-refractivity contribution in [1.82, 2.24) is 9.62 Å². The van der Waals surface area contributed by atoms with Crippen molar-refractivity contribution < 1.29 is 22.4 Å². The summed E-state index contributed by atoms with van der Waals surface area (Å²) in [6.45, 7) is -0.212. The maximum atomic E-state index is 12.6. The Bertz CT molecular complexity index is 1210. The van der Waals surface area contributed by atoms with Gasteiger partial charge in [-0.15, -0.1) is 0 Å². The molecule has 0 radical (unpaired) electrons. The van der Waals surface area contributed by atoms with E-state index in [4.69, 9.17) is 27.6 Å². The van der Waals surface area contributed by atoms with Crippen LogP contribution in [0, 0.1) is 0 Å². The number of carbonyl (C=O) groups excluding carboxylic acids is 2. The van der Waals surface area contributed by atoms with Gasteiger partial charge in [-0.3, -0.25) is 9.59 Å². The third kappa shape index (κ3) is 6.10. The first-order valence-corrected chi connectivity index (χ1v) is 11.5. The molecule has 2 amide bonds. The summed E-state index contributed by atoms with van der Waals surface area (Å²) >= 11 is 11.8. The number of likely N-dealkylation sites (N-methyl/N-ethyl adjacent to an activating group) is 1. The lowest BCUT2D eigenvalue weighted by Crippen LogP contribution is -2.35. The molecule has 1 aromatic heterocycles. The Kier molecular flexibility index (Phi) is 7.57. The highest BCUT2D eigenvalue weighted by molar-refractivity contribution is 7.89. The van der Waals surface area contributed by atoms with Gasteiger partial charge in [-0.2, -0.15) is 0 Å². The molecule has 0 unspecified atom stereocenters. The van der Waals surface area contributed by atoms with Crippen molar-refractivity contribution in [3.8, 4) is 0 Å². The van der Waals surface area contributed by atoms with Crippen LogP contribution < -0.4 is 10.0 Å². The number of sulfonamides is 1. The van der Waals surface area contributed by atoms with Gasteiger partial charge < -0.3 is 14.6 Å². The van der Waals surface area contributed by atoms with E-state index in [0.29, 0.717) is 21.5 Å². The normalized spacial score (nSPS) is 11.2. The fourth-order valence-corrected chi connectivity index (χ4v) is 4.01. The van der Waals surface area contributed by atoms with E-state index in [9.17, 15) is 18.0 Å². The molecule has 8 nitrogen and oxygen atoms in total. The minimum Gasteiger partial charge on any atom is -0.468 e. The Morgan fingerprint density at radius 2 is 1.75 bits per heavy atom. The molecule has 3 rings (SSSR count). The molecule has 0 saturated heterocycles. The number of benzene rings is 2. The van der Waals surface area contributed by atoms with Crippen molar-refractivity contribution in [3.05, 3.63) is 82.2 Å². The average Bonchev–Trinajstić information content (AvgIpc) is 3.28. The molecule has 2 N–H and O–H groups in total. The van der Waals surface area contributed by atoms with Crippen LogP contribution in [0.15, 0.2) is 70.2 Å². The monoisotopic (exact) mass is 495 g/mol. The number of hydrogen-bond acceptors (Lipinski definition) is 5. The van der Waals surface area contributed by atoms with Crippen molar-refractivity contribution in [2.24, 2.45) is 0 Å². The number of rotatable bonds is 8. The molecule has 0 aliphatic rings. The van der Waals surface area contributed by atoms with Crippen LogP contribution in [0.25, 0.3) is 0 Å². The summed E-state index contributed by atoms with van der Waals surface area (Å²) in [6.07, 6.45) is 1.45. The summed E-state index contributed by atoms with van der Waals surface area (Å²) in [7, 11) is -2.31. The van der Waals surface area contributed by atoms with Crippen molar-refractivity contribution in [2.75, 3.05) is 18.9 Å². The Morgan fingerprint density at radius 3 is 2.38 bits per heavy atom. The lowest BCUT2D eigenvalue weighted by atomic mass is 10.2. The summed E-state index contributed by atoms with van der Waals surface area (Å²) in [5.74, 6) is -0.400. The quantitative estimate of drug-likeness (QED) is 0.494. The molecule has 0 aliphatic carbocycles. The van der Waals surface area contributed by atoms with Gasteiger partial charge in [-0.1, -0.05) is 23.2 Å². The highest BCUT2D eigenvalue weighted by Gasteiger charge is 2.18. The number of halogens is 2. The number of furan rings is 1. The maximum Gasteiger partial charge on any atom is 0.254 e. The Morgan fingerprint density at radius 1 is 1.03 bits per heavy atom. The fraction of sp³-hybridized carbons (Fsp3) is 0.143. The van der Waals surface area contributed by atoms with Crippen molar-refractivity contribution >= 4 is 50.7 Å². The predicted molar refractivity (Wildman–Crippen MR) is 121 cm³/mol. The van der Waals surface area contributed by atoms with Gasteiger partial charge in [0.15, 0.2) is 0 Å². The average molecular weight is 496 g/mol. The lowest BCUT2D eigenvalue weighted by Gasteiger charge is -2.17. The summed E-state index contributed by atoms with van der Waals surface area (Å²) in [5.41, 5.74) is 0.682. The molecule has 11 heteroatoms. The number of nitrogens with one attached hydrogen (secondary N) is 2. The number of anilines is 1. The van der Waals surface area contributed by atoms with Crippen LogP contribution in [0.2, 0.25) is 10.0 Å². The van der Waals surface area contributed by atoms with Gasteiger partial charge in [0.25, 0.3) is 5.91 Å². The van der Waals surface area contributed by atoms with Gasteiger partial charge in [-0.05, 0) is 54.6 Å². The number of carbonyl (C=O) groups is 2. The van der Waals surface area contributed by atoms with Gasteiger partial charge >= 0.3 is 0 Å². The van der Waals surface area contributed by atoms with Crippen LogP contribution in [-0.2, 0) is 21.4 Å². The maximum absolute atomic E-state index is 12.6. The highest BCUT2D eigenvalue weighted by atomic mass is 35.5. The van der Waals surface area contributed by atoms with Gasteiger partial charge in [-0.25, -0.2) is 13.1 Å². The van der Waals surface area contributed by atoms with E-state index in [1.54, 1.807) is 24.3 Å². The molecule has 0 fully saturated rings. The van der Waals surface area contributed by atoms with E-state index in [1.165, 1.54) is 48.5 Å². The van der Waals surface area contributed by atoms with E-state index in [0.717, 1.165) is 0 Å². The Labute approximate surface area is 195 Å². The molecular formula is C21H19Cl2N3O5S. The molecule has 0 aliphatic heterocycles. The van der Waals surface area contributed by atoms with Crippen LogP contribution in [0.5, 0.6) is 0 Å². The zero-order valence-electron chi connectivity index (χ0n) is 16.8. The fourth-order valence-electron chi connectivity index (χ4n) is 2.72. The second kappa shape index (κ2) is 10.2. The van der Waals surface area contributed by atoms with E-state index in [-0.39, 0.29) is 23.5 Å². The topological polar surface area (TPSA) is 109 Å². The minimum absolute atomic E-state index is 0.000573. The van der Waals surface area contributed by atoms with Crippen LogP contribution in [0.4, 0.5) is 5.69 Å². The van der Waals surface area contributed by atoms with E-state index < -0.39 is 21.8 Å². The zero-order chi connectivity index (χ0) is 23.3. The predicted octanol–water partition coefficient (Wildman–Crippen LogP) is 3.78. The third-order valence-corrected chi connectivity index (χ3v) is 6.52. The molecule has 32 heavy (non-hydrogen) atoms. The van der Waals surface area contributed by atoms with E-state index in [1.807, 2.05) is 0 Å². The smallest absolute Gasteiger partial charge is 0.254 e.